The number of nitrogens with one attached hydrogen (secondary N) is 1. The zero-order valence-corrected chi connectivity index (χ0v) is 16.0. The summed E-state index contributed by atoms with van der Waals surface area (Å²) in [6.45, 7) is 0.693. The Morgan fingerprint density at radius 3 is 2.71 bits per heavy atom. The molecule has 0 saturated carbocycles. The van der Waals surface area contributed by atoms with Crippen LogP contribution in [0.2, 0.25) is 0 Å². The molecule has 144 valence electrons. The molecule has 1 aliphatic heterocycles. The number of hydrogen-bond donors (Lipinski definition) is 1. The first-order valence-corrected chi connectivity index (χ1v) is 10.1. The number of hydrogen-bond acceptors (Lipinski definition) is 4. The van der Waals surface area contributed by atoms with Crippen molar-refractivity contribution in [1.82, 2.24) is 9.88 Å². The fourth-order valence-electron chi connectivity index (χ4n) is 3.48. The average Bonchev–Trinajstić information content (AvgIpc) is 3.34. The van der Waals surface area contributed by atoms with Crippen LogP contribution in [0.4, 0.5) is 10.1 Å². The molecule has 1 fully saturated rings. The van der Waals surface area contributed by atoms with Gasteiger partial charge in [-0.05, 0) is 49.2 Å². The van der Waals surface area contributed by atoms with Gasteiger partial charge in [-0.1, -0.05) is 12.1 Å². The van der Waals surface area contributed by atoms with Gasteiger partial charge in [0, 0.05) is 25.1 Å². The third-order valence-corrected chi connectivity index (χ3v) is 6.00. The molecule has 5 nitrogen and oxygen atoms in total. The van der Waals surface area contributed by atoms with Gasteiger partial charge >= 0.3 is 0 Å². The number of aromatic nitrogens is 1. The van der Waals surface area contributed by atoms with Gasteiger partial charge in [-0.3, -0.25) is 9.59 Å². The number of fused-ring (bicyclic) bond motifs is 1. The first-order chi connectivity index (χ1) is 13.6. The van der Waals surface area contributed by atoms with Crippen molar-refractivity contribution >= 4 is 39.1 Å². The summed E-state index contributed by atoms with van der Waals surface area (Å²) in [7, 11) is 0. The van der Waals surface area contributed by atoms with E-state index in [1.165, 1.54) is 24.3 Å². The van der Waals surface area contributed by atoms with Crippen LogP contribution in [0.25, 0.3) is 10.2 Å². The van der Waals surface area contributed by atoms with Crippen LogP contribution in [-0.4, -0.2) is 28.2 Å². The number of para-hydroxylation sites is 1. The standard InChI is InChI=1S/C21H20FN3O2S/c22-14-7-9-15(10-8-14)23-19(26)11-12-20(27)25-13-3-5-17(25)21-24-16-4-1-2-6-18(16)28-21/h1-2,4,6-10,17H,3,5,11-13H2,(H,23,26)/t17-/m0/s1. The van der Waals surface area contributed by atoms with Gasteiger partial charge in [-0.25, -0.2) is 9.37 Å². The van der Waals surface area contributed by atoms with Gasteiger partial charge in [0.1, 0.15) is 10.8 Å². The van der Waals surface area contributed by atoms with Gasteiger partial charge < -0.3 is 10.2 Å². The molecule has 1 saturated heterocycles. The van der Waals surface area contributed by atoms with E-state index in [-0.39, 0.29) is 36.5 Å². The molecule has 0 aliphatic carbocycles. The van der Waals surface area contributed by atoms with E-state index in [0.29, 0.717) is 12.2 Å². The number of benzene rings is 2. The maximum absolute atomic E-state index is 12.9. The molecule has 0 radical (unpaired) electrons. The normalized spacial score (nSPS) is 16.5. The number of nitrogens with zero attached hydrogens (tertiary/aromatic N) is 2. The fourth-order valence-corrected chi connectivity index (χ4v) is 4.59. The Kier molecular flexibility index (Phi) is 5.34. The molecule has 0 spiro atoms. The minimum absolute atomic E-state index is 0.00920. The number of likely N-dealkylation sites (tertiary alicyclic amines) is 1. The van der Waals surface area contributed by atoms with E-state index in [1.807, 2.05) is 29.2 Å². The van der Waals surface area contributed by atoms with E-state index >= 15 is 0 Å². The van der Waals surface area contributed by atoms with Crippen LogP contribution < -0.4 is 5.32 Å². The summed E-state index contributed by atoms with van der Waals surface area (Å²) in [5.74, 6) is -0.644. The Balaban J connectivity index is 1.36. The lowest BCUT2D eigenvalue weighted by Gasteiger charge is -2.23. The van der Waals surface area contributed by atoms with Crippen LogP contribution in [0, 0.1) is 5.82 Å². The van der Waals surface area contributed by atoms with Crippen LogP contribution in [0.5, 0.6) is 0 Å². The highest BCUT2D eigenvalue weighted by Crippen LogP contribution is 2.36. The number of carbonyl (C=O) groups is 2. The second-order valence-corrected chi connectivity index (χ2v) is 7.88. The molecule has 1 atom stereocenters. The monoisotopic (exact) mass is 397 g/mol. The maximum atomic E-state index is 12.9. The van der Waals surface area contributed by atoms with E-state index in [0.717, 1.165) is 28.1 Å². The molecule has 1 aliphatic rings. The smallest absolute Gasteiger partial charge is 0.224 e. The van der Waals surface area contributed by atoms with Crippen molar-refractivity contribution in [2.24, 2.45) is 0 Å². The van der Waals surface area contributed by atoms with Crippen LogP contribution in [-0.2, 0) is 9.59 Å². The van der Waals surface area contributed by atoms with Crippen molar-refractivity contribution in [3.05, 3.63) is 59.4 Å². The van der Waals surface area contributed by atoms with Gasteiger partial charge in [-0.15, -0.1) is 11.3 Å². The van der Waals surface area contributed by atoms with E-state index < -0.39 is 0 Å². The molecule has 2 heterocycles. The number of carbonyl (C=O) groups excluding carboxylic acids is 2. The minimum Gasteiger partial charge on any atom is -0.333 e. The summed E-state index contributed by atoms with van der Waals surface area (Å²) < 4.78 is 14.0. The third kappa shape index (κ3) is 4.04. The molecule has 3 aromatic rings. The van der Waals surface area contributed by atoms with Crippen LogP contribution in [0.1, 0.15) is 36.7 Å². The van der Waals surface area contributed by atoms with E-state index in [2.05, 4.69) is 5.32 Å². The van der Waals surface area contributed by atoms with Crippen LogP contribution in [0.15, 0.2) is 48.5 Å². The molecule has 2 aromatic carbocycles. The molecule has 0 unspecified atom stereocenters. The van der Waals surface area contributed by atoms with Crippen LogP contribution >= 0.6 is 11.3 Å². The second kappa shape index (κ2) is 8.06. The first-order valence-electron chi connectivity index (χ1n) is 9.30. The van der Waals surface area contributed by atoms with Gasteiger partial charge in [0.15, 0.2) is 0 Å². The molecule has 28 heavy (non-hydrogen) atoms. The van der Waals surface area contributed by atoms with Crippen molar-refractivity contribution in [2.45, 2.75) is 31.7 Å². The van der Waals surface area contributed by atoms with Gasteiger partial charge in [-0.2, -0.15) is 0 Å². The lowest BCUT2D eigenvalue weighted by molar-refractivity contribution is -0.133. The van der Waals surface area contributed by atoms with Crippen molar-refractivity contribution in [2.75, 3.05) is 11.9 Å². The first kappa shape index (κ1) is 18.6. The summed E-state index contributed by atoms with van der Waals surface area (Å²) in [5, 5.41) is 3.65. The minimum atomic E-state index is -0.358. The quantitative estimate of drug-likeness (QED) is 0.689. The molecular formula is C21H20FN3O2S. The Bertz CT molecular complexity index is 969. The zero-order chi connectivity index (χ0) is 19.5. The molecule has 4 rings (SSSR count). The highest BCUT2D eigenvalue weighted by atomic mass is 32.1. The van der Waals surface area contributed by atoms with E-state index in [1.54, 1.807) is 11.3 Å². The second-order valence-electron chi connectivity index (χ2n) is 6.82. The number of anilines is 1. The summed E-state index contributed by atoms with van der Waals surface area (Å²) in [5.41, 5.74) is 1.48. The third-order valence-electron chi connectivity index (χ3n) is 4.86. The van der Waals surface area contributed by atoms with Crippen molar-refractivity contribution in [1.29, 1.82) is 0 Å². The predicted molar refractivity (Wildman–Crippen MR) is 108 cm³/mol. The Hall–Kier alpha value is -2.80. The highest BCUT2D eigenvalue weighted by Gasteiger charge is 2.32. The topological polar surface area (TPSA) is 62.3 Å². The van der Waals surface area contributed by atoms with Crippen molar-refractivity contribution in [3.63, 3.8) is 0 Å². The Morgan fingerprint density at radius 2 is 1.93 bits per heavy atom. The van der Waals surface area contributed by atoms with Gasteiger partial charge in [0.05, 0.1) is 16.3 Å². The van der Waals surface area contributed by atoms with Gasteiger partial charge in [0.2, 0.25) is 11.8 Å². The Labute approximate surface area is 166 Å². The number of rotatable bonds is 5. The average molecular weight is 397 g/mol. The van der Waals surface area contributed by atoms with E-state index in [4.69, 9.17) is 4.98 Å². The SMILES string of the molecule is O=C(CCC(=O)N1CCC[C@H]1c1nc2ccccc2s1)Nc1ccc(F)cc1. The lowest BCUT2D eigenvalue weighted by atomic mass is 10.2. The molecular weight excluding hydrogens is 377 g/mol. The number of halogens is 1. The summed E-state index contributed by atoms with van der Waals surface area (Å²) >= 11 is 1.63. The Morgan fingerprint density at radius 1 is 1.14 bits per heavy atom. The largest absolute Gasteiger partial charge is 0.333 e. The predicted octanol–water partition coefficient (Wildman–Crippen LogP) is 4.52. The van der Waals surface area contributed by atoms with Crippen molar-refractivity contribution < 1.29 is 14.0 Å². The molecule has 1 aromatic heterocycles. The lowest BCUT2D eigenvalue weighted by Crippen LogP contribution is -2.31. The molecule has 0 bridgehead atoms. The summed E-state index contributed by atoms with van der Waals surface area (Å²) in [6, 6.07) is 13.5. The maximum Gasteiger partial charge on any atom is 0.224 e. The van der Waals surface area contributed by atoms with Gasteiger partial charge in [0.25, 0.3) is 0 Å². The molecule has 1 N–H and O–H groups in total. The molecule has 2 amide bonds. The van der Waals surface area contributed by atoms with E-state index in [9.17, 15) is 14.0 Å². The zero-order valence-electron chi connectivity index (χ0n) is 15.2. The highest BCUT2D eigenvalue weighted by molar-refractivity contribution is 7.18. The van der Waals surface area contributed by atoms with Crippen molar-refractivity contribution in [3.8, 4) is 0 Å². The van der Waals surface area contributed by atoms with Crippen LogP contribution in [0.3, 0.4) is 0 Å². The number of thiazole rings is 1. The molecule has 7 heteroatoms. The number of amides is 2. The summed E-state index contributed by atoms with van der Waals surface area (Å²) in [6.07, 6.45) is 2.08. The summed E-state index contributed by atoms with van der Waals surface area (Å²) in [4.78, 5) is 31.4. The fraction of sp³-hybridized carbons (Fsp3) is 0.286.